The van der Waals surface area contributed by atoms with Crippen LogP contribution < -0.4 is 5.73 Å². The molecule has 0 aromatic carbocycles. The second-order valence-electron chi connectivity index (χ2n) is 5.50. The van der Waals surface area contributed by atoms with Crippen molar-refractivity contribution < 1.29 is 0 Å². The van der Waals surface area contributed by atoms with Gasteiger partial charge >= 0.3 is 0 Å². The van der Waals surface area contributed by atoms with Gasteiger partial charge in [0.25, 0.3) is 0 Å². The standard InChI is InChI=1S/C14H24N4/c1-11-9-18(10-14(11)17(2)3)13(7-15)12-5-4-6-16-8-12/h4-6,8,11,13-14H,7,9-10,15H2,1-3H3. The molecule has 1 saturated heterocycles. The Labute approximate surface area is 110 Å². The smallest absolute Gasteiger partial charge is 0.0486 e. The maximum Gasteiger partial charge on any atom is 0.0486 e. The quantitative estimate of drug-likeness (QED) is 0.862. The average molecular weight is 248 g/mol. The molecule has 4 nitrogen and oxygen atoms in total. The van der Waals surface area contributed by atoms with Gasteiger partial charge in [0.05, 0.1) is 0 Å². The SMILES string of the molecule is CC1CN(C(CN)c2cccnc2)CC1N(C)C. The summed E-state index contributed by atoms with van der Waals surface area (Å²) >= 11 is 0. The molecule has 2 rings (SSSR count). The summed E-state index contributed by atoms with van der Waals surface area (Å²) in [5.41, 5.74) is 7.20. The maximum atomic E-state index is 5.97. The van der Waals surface area contributed by atoms with Crippen molar-refractivity contribution in [3.63, 3.8) is 0 Å². The van der Waals surface area contributed by atoms with Gasteiger partial charge in [-0.15, -0.1) is 0 Å². The topological polar surface area (TPSA) is 45.4 Å². The predicted molar refractivity (Wildman–Crippen MR) is 74.2 cm³/mol. The van der Waals surface area contributed by atoms with E-state index in [0.717, 1.165) is 13.1 Å². The lowest BCUT2D eigenvalue weighted by Gasteiger charge is -2.27. The lowest BCUT2D eigenvalue weighted by atomic mass is 10.1. The molecule has 1 aliphatic heterocycles. The molecular weight excluding hydrogens is 224 g/mol. The van der Waals surface area contributed by atoms with Crippen LogP contribution in [0.15, 0.2) is 24.5 Å². The van der Waals surface area contributed by atoms with E-state index in [9.17, 15) is 0 Å². The summed E-state index contributed by atoms with van der Waals surface area (Å²) in [6.45, 7) is 5.17. The van der Waals surface area contributed by atoms with E-state index in [4.69, 9.17) is 5.73 Å². The Balaban J connectivity index is 2.11. The highest BCUT2D eigenvalue weighted by atomic mass is 15.3. The molecular formula is C14H24N4. The Hall–Kier alpha value is -0.970. The van der Waals surface area contributed by atoms with Crippen LogP contribution in [0.3, 0.4) is 0 Å². The van der Waals surface area contributed by atoms with Crippen molar-refractivity contribution >= 4 is 0 Å². The number of nitrogens with zero attached hydrogens (tertiary/aromatic N) is 3. The van der Waals surface area contributed by atoms with Gasteiger partial charge in [-0.1, -0.05) is 13.0 Å². The van der Waals surface area contributed by atoms with Gasteiger partial charge in [0.15, 0.2) is 0 Å². The first-order valence-electron chi connectivity index (χ1n) is 6.64. The molecule has 1 aliphatic rings. The third kappa shape index (κ3) is 2.71. The molecule has 0 saturated carbocycles. The summed E-state index contributed by atoms with van der Waals surface area (Å²) in [5, 5.41) is 0. The van der Waals surface area contributed by atoms with Crippen molar-refractivity contribution in [1.82, 2.24) is 14.8 Å². The minimum Gasteiger partial charge on any atom is -0.329 e. The van der Waals surface area contributed by atoms with E-state index in [1.165, 1.54) is 5.56 Å². The van der Waals surface area contributed by atoms with Crippen LogP contribution in [0.5, 0.6) is 0 Å². The molecule has 0 bridgehead atoms. The molecule has 1 aromatic heterocycles. The molecule has 0 spiro atoms. The molecule has 100 valence electrons. The fourth-order valence-electron chi connectivity index (χ4n) is 2.98. The lowest BCUT2D eigenvalue weighted by Crippen LogP contribution is -2.36. The predicted octanol–water partition coefficient (Wildman–Crippen LogP) is 0.963. The van der Waals surface area contributed by atoms with Crippen LogP contribution in [-0.2, 0) is 0 Å². The van der Waals surface area contributed by atoms with Crippen molar-refractivity contribution in [2.75, 3.05) is 33.7 Å². The van der Waals surface area contributed by atoms with E-state index < -0.39 is 0 Å². The monoisotopic (exact) mass is 248 g/mol. The highest BCUT2D eigenvalue weighted by Gasteiger charge is 2.34. The zero-order valence-electron chi connectivity index (χ0n) is 11.6. The van der Waals surface area contributed by atoms with Gasteiger partial charge in [-0.05, 0) is 31.6 Å². The normalized spacial score (nSPS) is 26.7. The molecule has 0 radical (unpaired) electrons. The highest BCUT2D eigenvalue weighted by molar-refractivity contribution is 5.15. The van der Waals surface area contributed by atoms with Crippen LogP contribution in [0.2, 0.25) is 0 Å². The van der Waals surface area contributed by atoms with E-state index in [1.54, 1.807) is 0 Å². The third-order valence-corrected chi connectivity index (χ3v) is 4.00. The van der Waals surface area contributed by atoms with Crippen LogP contribution in [0, 0.1) is 5.92 Å². The van der Waals surface area contributed by atoms with E-state index in [-0.39, 0.29) is 0 Å². The first-order valence-corrected chi connectivity index (χ1v) is 6.64. The molecule has 1 aromatic rings. The van der Waals surface area contributed by atoms with Crippen molar-refractivity contribution in [2.24, 2.45) is 11.7 Å². The maximum absolute atomic E-state index is 5.97. The first-order chi connectivity index (χ1) is 8.63. The van der Waals surface area contributed by atoms with Gasteiger partial charge in [-0.3, -0.25) is 9.88 Å². The van der Waals surface area contributed by atoms with E-state index in [0.29, 0.717) is 24.5 Å². The van der Waals surface area contributed by atoms with Crippen LogP contribution in [-0.4, -0.2) is 54.6 Å². The van der Waals surface area contributed by atoms with Gasteiger partial charge < -0.3 is 10.6 Å². The van der Waals surface area contributed by atoms with Crippen LogP contribution >= 0.6 is 0 Å². The average Bonchev–Trinajstić information content (AvgIpc) is 2.74. The Kier molecular flexibility index (Phi) is 4.32. The first kappa shape index (κ1) is 13.5. The van der Waals surface area contributed by atoms with Gasteiger partial charge in [0.2, 0.25) is 0 Å². The van der Waals surface area contributed by atoms with Gasteiger partial charge in [-0.2, -0.15) is 0 Å². The molecule has 0 amide bonds. The number of likely N-dealkylation sites (tertiary alicyclic amines) is 1. The minimum absolute atomic E-state index is 0.297. The van der Waals surface area contributed by atoms with Crippen LogP contribution in [0.4, 0.5) is 0 Å². The summed E-state index contributed by atoms with van der Waals surface area (Å²) in [5.74, 6) is 0.686. The van der Waals surface area contributed by atoms with E-state index in [1.807, 2.05) is 18.5 Å². The molecule has 3 atom stereocenters. The van der Waals surface area contributed by atoms with Crippen molar-refractivity contribution in [2.45, 2.75) is 19.0 Å². The van der Waals surface area contributed by atoms with Crippen molar-refractivity contribution in [3.8, 4) is 0 Å². The zero-order chi connectivity index (χ0) is 13.1. The Morgan fingerprint density at radius 1 is 1.50 bits per heavy atom. The minimum atomic E-state index is 0.297. The summed E-state index contributed by atoms with van der Waals surface area (Å²) in [4.78, 5) is 9.02. The number of hydrogen-bond acceptors (Lipinski definition) is 4. The molecule has 0 aliphatic carbocycles. The Morgan fingerprint density at radius 3 is 2.78 bits per heavy atom. The molecule has 18 heavy (non-hydrogen) atoms. The van der Waals surface area contributed by atoms with Gasteiger partial charge in [0, 0.05) is 44.1 Å². The number of likely N-dealkylation sites (N-methyl/N-ethyl adjacent to an activating group) is 1. The fraction of sp³-hybridized carbons (Fsp3) is 0.643. The van der Waals surface area contributed by atoms with E-state index in [2.05, 4.69) is 41.9 Å². The number of aromatic nitrogens is 1. The molecule has 1 fully saturated rings. The summed E-state index contributed by atoms with van der Waals surface area (Å²) in [7, 11) is 4.32. The molecule has 2 heterocycles. The van der Waals surface area contributed by atoms with Gasteiger partial charge in [0.1, 0.15) is 0 Å². The third-order valence-electron chi connectivity index (χ3n) is 4.00. The number of hydrogen-bond donors (Lipinski definition) is 1. The lowest BCUT2D eigenvalue weighted by molar-refractivity contribution is 0.219. The fourth-order valence-corrected chi connectivity index (χ4v) is 2.98. The van der Waals surface area contributed by atoms with Crippen LogP contribution in [0.1, 0.15) is 18.5 Å². The molecule has 4 heteroatoms. The summed E-state index contributed by atoms with van der Waals surface area (Å²) in [6, 6.07) is 5.03. The zero-order valence-corrected chi connectivity index (χ0v) is 11.6. The molecule has 2 N–H and O–H groups in total. The van der Waals surface area contributed by atoms with E-state index >= 15 is 0 Å². The second-order valence-corrected chi connectivity index (χ2v) is 5.50. The van der Waals surface area contributed by atoms with Gasteiger partial charge in [-0.25, -0.2) is 0 Å². The second kappa shape index (κ2) is 5.78. The highest BCUT2D eigenvalue weighted by Crippen LogP contribution is 2.28. The van der Waals surface area contributed by atoms with Crippen molar-refractivity contribution in [3.05, 3.63) is 30.1 Å². The van der Waals surface area contributed by atoms with Crippen LogP contribution in [0.25, 0.3) is 0 Å². The molecule has 3 unspecified atom stereocenters. The van der Waals surface area contributed by atoms with Crippen molar-refractivity contribution in [1.29, 1.82) is 0 Å². The number of pyridine rings is 1. The number of rotatable bonds is 4. The summed E-state index contributed by atoms with van der Waals surface area (Å²) < 4.78 is 0. The largest absolute Gasteiger partial charge is 0.329 e. The number of nitrogens with two attached hydrogens (primary N) is 1. The summed E-state index contributed by atoms with van der Waals surface area (Å²) in [6.07, 6.45) is 3.75. The Morgan fingerprint density at radius 2 is 2.28 bits per heavy atom. The Bertz CT molecular complexity index is 365.